The predicted molar refractivity (Wildman–Crippen MR) is 82.3 cm³/mol. The Hall–Kier alpha value is -1.47. The van der Waals surface area contributed by atoms with Gasteiger partial charge in [-0.2, -0.15) is 0 Å². The number of anilines is 1. The standard InChI is InChI=1S/C14H9Br2F2NO2/c15-8-1-2-13(12(16)3-8)21-7-14(20)19-11-5-9(17)4-10(18)6-11/h1-6H,7H2,(H,19,20). The van der Waals surface area contributed by atoms with E-state index in [1.54, 1.807) is 18.2 Å². The number of amides is 1. The zero-order valence-electron chi connectivity index (χ0n) is 10.5. The fraction of sp³-hybridized carbons (Fsp3) is 0.0714. The fourth-order valence-corrected chi connectivity index (χ4v) is 2.72. The molecule has 0 aliphatic carbocycles. The summed E-state index contributed by atoms with van der Waals surface area (Å²) in [5.41, 5.74) is 0.0379. The van der Waals surface area contributed by atoms with Crippen LogP contribution >= 0.6 is 31.9 Å². The maximum Gasteiger partial charge on any atom is 0.262 e. The molecule has 3 nitrogen and oxygen atoms in total. The van der Waals surface area contributed by atoms with Crippen LogP contribution in [0, 0.1) is 11.6 Å². The van der Waals surface area contributed by atoms with Crippen molar-refractivity contribution < 1.29 is 18.3 Å². The first kappa shape index (κ1) is 15.9. The van der Waals surface area contributed by atoms with E-state index in [1.807, 2.05) is 0 Å². The lowest BCUT2D eigenvalue weighted by Crippen LogP contribution is -2.20. The summed E-state index contributed by atoms with van der Waals surface area (Å²) in [4.78, 5) is 11.7. The van der Waals surface area contributed by atoms with Crippen molar-refractivity contribution in [2.24, 2.45) is 0 Å². The monoisotopic (exact) mass is 419 g/mol. The van der Waals surface area contributed by atoms with Gasteiger partial charge in [0.2, 0.25) is 0 Å². The highest BCUT2D eigenvalue weighted by atomic mass is 79.9. The van der Waals surface area contributed by atoms with E-state index in [4.69, 9.17) is 4.74 Å². The number of rotatable bonds is 4. The average molecular weight is 421 g/mol. The van der Waals surface area contributed by atoms with Crippen LogP contribution in [0.3, 0.4) is 0 Å². The van der Waals surface area contributed by atoms with Gasteiger partial charge in [-0.25, -0.2) is 8.78 Å². The van der Waals surface area contributed by atoms with Crippen LogP contribution in [0.4, 0.5) is 14.5 Å². The van der Waals surface area contributed by atoms with Crippen LogP contribution in [0.15, 0.2) is 45.3 Å². The van der Waals surface area contributed by atoms with Crippen molar-refractivity contribution in [3.8, 4) is 5.75 Å². The minimum Gasteiger partial charge on any atom is -0.483 e. The predicted octanol–water partition coefficient (Wildman–Crippen LogP) is 4.51. The smallest absolute Gasteiger partial charge is 0.262 e. The molecule has 2 aromatic carbocycles. The van der Waals surface area contributed by atoms with Crippen molar-refractivity contribution in [3.05, 3.63) is 57.0 Å². The van der Waals surface area contributed by atoms with Gasteiger partial charge in [-0.05, 0) is 46.3 Å². The second kappa shape index (κ2) is 7.00. The lowest BCUT2D eigenvalue weighted by Gasteiger charge is -2.09. The van der Waals surface area contributed by atoms with Crippen molar-refractivity contribution >= 4 is 43.5 Å². The molecule has 0 aromatic heterocycles. The molecule has 2 rings (SSSR count). The highest BCUT2D eigenvalue weighted by Crippen LogP contribution is 2.28. The summed E-state index contributed by atoms with van der Waals surface area (Å²) < 4.78 is 32.8. The van der Waals surface area contributed by atoms with Gasteiger partial charge in [-0.1, -0.05) is 15.9 Å². The van der Waals surface area contributed by atoms with Gasteiger partial charge in [-0.3, -0.25) is 4.79 Å². The van der Waals surface area contributed by atoms with Crippen LogP contribution in [0.5, 0.6) is 5.75 Å². The van der Waals surface area contributed by atoms with E-state index in [-0.39, 0.29) is 12.3 Å². The van der Waals surface area contributed by atoms with Crippen LogP contribution in [-0.4, -0.2) is 12.5 Å². The molecule has 0 atom stereocenters. The molecule has 0 saturated heterocycles. The van der Waals surface area contributed by atoms with E-state index in [2.05, 4.69) is 37.2 Å². The third-order valence-electron chi connectivity index (χ3n) is 2.40. The molecule has 21 heavy (non-hydrogen) atoms. The molecule has 1 N–H and O–H groups in total. The second-order valence-electron chi connectivity index (χ2n) is 4.07. The van der Waals surface area contributed by atoms with Crippen LogP contribution < -0.4 is 10.1 Å². The normalized spacial score (nSPS) is 10.3. The summed E-state index contributed by atoms with van der Waals surface area (Å²) in [5, 5.41) is 2.36. The molecule has 0 aliphatic rings. The van der Waals surface area contributed by atoms with E-state index in [1.165, 1.54) is 0 Å². The maximum absolute atomic E-state index is 13.0. The van der Waals surface area contributed by atoms with Crippen molar-refractivity contribution in [1.82, 2.24) is 0 Å². The number of nitrogens with one attached hydrogen (secondary N) is 1. The number of hydrogen-bond acceptors (Lipinski definition) is 2. The van der Waals surface area contributed by atoms with Crippen LogP contribution in [0.25, 0.3) is 0 Å². The largest absolute Gasteiger partial charge is 0.483 e. The number of carbonyl (C=O) groups is 1. The van der Waals surface area contributed by atoms with E-state index >= 15 is 0 Å². The van der Waals surface area contributed by atoms with Gasteiger partial charge in [0.1, 0.15) is 17.4 Å². The number of ether oxygens (including phenoxy) is 1. The highest BCUT2D eigenvalue weighted by molar-refractivity contribution is 9.11. The number of hydrogen-bond donors (Lipinski definition) is 1. The second-order valence-corrected chi connectivity index (χ2v) is 5.84. The Morgan fingerprint density at radius 3 is 2.38 bits per heavy atom. The summed E-state index contributed by atoms with van der Waals surface area (Å²) in [6.45, 7) is -0.279. The molecule has 0 aliphatic heterocycles. The van der Waals surface area contributed by atoms with Gasteiger partial charge in [0.05, 0.1) is 4.47 Å². The van der Waals surface area contributed by atoms with Crippen LogP contribution in [0.1, 0.15) is 0 Å². The van der Waals surface area contributed by atoms with Gasteiger partial charge >= 0.3 is 0 Å². The van der Waals surface area contributed by atoms with Gasteiger partial charge < -0.3 is 10.1 Å². The van der Waals surface area contributed by atoms with E-state index in [0.29, 0.717) is 10.2 Å². The Morgan fingerprint density at radius 1 is 1.10 bits per heavy atom. The molecule has 0 saturated carbocycles. The van der Waals surface area contributed by atoms with E-state index in [0.717, 1.165) is 22.7 Å². The molecule has 0 unspecified atom stereocenters. The molecular weight excluding hydrogens is 412 g/mol. The van der Waals surface area contributed by atoms with Crippen molar-refractivity contribution in [2.75, 3.05) is 11.9 Å². The zero-order valence-corrected chi connectivity index (χ0v) is 13.7. The Bertz CT molecular complexity index is 660. The molecule has 0 spiro atoms. The summed E-state index contributed by atoms with van der Waals surface area (Å²) in [7, 11) is 0. The Balaban J connectivity index is 1.95. The van der Waals surface area contributed by atoms with Gasteiger partial charge in [0.25, 0.3) is 5.91 Å². The van der Waals surface area contributed by atoms with Crippen LogP contribution in [-0.2, 0) is 4.79 Å². The Morgan fingerprint density at radius 2 is 1.76 bits per heavy atom. The molecule has 1 amide bonds. The molecule has 0 radical (unpaired) electrons. The van der Waals surface area contributed by atoms with Crippen molar-refractivity contribution in [3.63, 3.8) is 0 Å². The number of benzene rings is 2. The summed E-state index contributed by atoms with van der Waals surface area (Å²) in [5.74, 6) is -1.56. The lowest BCUT2D eigenvalue weighted by molar-refractivity contribution is -0.118. The third kappa shape index (κ3) is 4.78. The first-order valence-corrected chi connectivity index (χ1v) is 7.36. The topological polar surface area (TPSA) is 38.3 Å². The highest BCUT2D eigenvalue weighted by Gasteiger charge is 2.08. The van der Waals surface area contributed by atoms with E-state index < -0.39 is 17.5 Å². The summed E-state index contributed by atoms with van der Waals surface area (Å²) in [6.07, 6.45) is 0. The third-order valence-corrected chi connectivity index (χ3v) is 3.51. The quantitative estimate of drug-likeness (QED) is 0.790. The van der Waals surface area contributed by atoms with Crippen molar-refractivity contribution in [2.45, 2.75) is 0 Å². The molecule has 7 heteroatoms. The van der Waals surface area contributed by atoms with Gasteiger partial charge in [0, 0.05) is 16.2 Å². The maximum atomic E-state index is 13.0. The molecule has 0 bridgehead atoms. The van der Waals surface area contributed by atoms with E-state index in [9.17, 15) is 13.6 Å². The fourth-order valence-electron chi connectivity index (χ4n) is 1.56. The minimum absolute atomic E-state index is 0.0379. The lowest BCUT2D eigenvalue weighted by atomic mass is 10.3. The Kier molecular flexibility index (Phi) is 5.30. The zero-order chi connectivity index (χ0) is 15.4. The molecular formula is C14H9Br2F2NO2. The summed E-state index contributed by atoms with van der Waals surface area (Å²) >= 11 is 6.60. The SMILES string of the molecule is O=C(COc1ccc(Br)cc1Br)Nc1cc(F)cc(F)c1. The molecule has 2 aromatic rings. The Labute approximate surface area is 136 Å². The first-order valence-electron chi connectivity index (χ1n) is 5.78. The first-order chi connectivity index (χ1) is 9.94. The minimum atomic E-state index is -0.762. The number of halogens is 4. The molecule has 0 fully saturated rings. The van der Waals surface area contributed by atoms with Gasteiger partial charge in [-0.15, -0.1) is 0 Å². The average Bonchev–Trinajstić information content (AvgIpc) is 2.36. The molecule has 110 valence electrons. The van der Waals surface area contributed by atoms with Crippen molar-refractivity contribution in [1.29, 1.82) is 0 Å². The summed E-state index contributed by atoms with van der Waals surface area (Å²) in [6, 6.07) is 8.00. The van der Waals surface area contributed by atoms with Crippen LogP contribution in [0.2, 0.25) is 0 Å². The molecule has 0 heterocycles. The number of carbonyl (C=O) groups excluding carboxylic acids is 1. The van der Waals surface area contributed by atoms with Gasteiger partial charge in [0.15, 0.2) is 6.61 Å².